The topological polar surface area (TPSA) is 86.8 Å². The van der Waals surface area contributed by atoms with E-state index in [1.54, 1.807) is 37.3 Å². The van der Waals surface area contributed by atoms with Crippen LogP contribution in [0.3, 0.4) is 0 Å². The summed E-state index contributed by atoms with van der Waals surface area (Å²) in [6.07, 6.45) is 3.37. The average molecular weight is 478 g/mol. The number of amides is 2. The van der Waals surface area contributed by atoms with E-state index in [-0.39, 0.29) is 22.8 Å². The molecule has 7 nitrogen and oxygen atoms in total. The Kier molecular flexibility index (Phi) is 6.47. The molecule has 3 atom stereocenters. The van der Waals surface area contributed by atoms with Crippen molar-refractivity contribution in [3.63, 3.8) is 0 Å². The van der Waals surface area contributed by atoms with Gasteiger partial charge >= 0.3 is 0 Å². The van der Waals surface area contributed by atoms with E-state index in [1.807, 2.05) is 11.8 Å². The summed E-state index contributed by atoms with van der Waals surface area (Å²) in [6.45, 7) is 4.81. The predicted molar refractivity (Wildman–Crippen MR) is 124 cm³/mol. The Bertz CT molecular complexity index is 1150. The van der Waals surface area contributed by atoms with Crippen LogP contribution in [0.5, 0.6) is 0 Å². The second-order valence-corrected chi connectivity index (χ2v) is 10.9. The van der Waals surface area contributed by atoms with Crippen molar-refractivity contribution in [3.8, 4) is 0 Å². The number of benzene rings is 2. The van der Waals surface area contributed by atoms with Crippen LogP contribution >= 0.6 is 11.6 Å². The zero-order chi connectivity index (χ0) is 23.0. The third-order valence-corrected chi connectivity index (χ3v) is 8.24. The first-order chi connectivity index (χ1) is 15.2. The quantitative estimate of drug-likeness (QED) is 0.716. The Morgan fingerprint density at radius 3 is 2.56 bits per heavy atom. The summed E-state index contributed by atoms with van der Waals surface area (Å²) in [5.41, 5.74) is 0. The van der Waals surface area contributed by atoms with E-state index >= 15 is 0 Å². The number of fused-ring (bicyclic) bond motifs is 1. The number of nitrogens with zero attached hydrogens (tertiary/aromatic N) is 2. The largest absolute Gasteiger partial charge is 0.338 e. The highest BCUT2D eigenvalue weighted by Gasteiger charge is 2.40. The molecule has 2 fully saturated rings. The molecule has 2 aliphatic heterocycles. The highest BCUT2D eigenvalue weighted by Crippen LogP contribution is 2.25. The molecule has 0 aromatic heterocycles. The highest BCUT2D eigenvalue weighted by atomic mass is 35.5. The highest BCUT2D eigenvalue weighted by molar-refractivity contribution is 7.89. The van der Waals surface area contributed by atoms with Gasteiger partial charge in [-0.2, -0.15) is 4.72 Å². The molecule has 2 aromatic rings. The lowest BCUT2D eigenvalue weighted by Gasteiger charge is -2.37. The van der Waals surface area contributed by atoms with Crippen LogP contribution in [-0.2, 0) is 19.6 Å². The van der Waals surface area contributed by atoms with Crippen LogP contribution in [0.4, 0.5) is 0 Å². The van der Waals surface area contributed by atoms with Gasteiger partial charge in [0.2, 0.25) is 21.8 Å². The molecule has 0 radical (unpaired) electrons. The van der Waals surface area contributed by atoms with Crippen molar-refractivity contribution in [2.45, 2.75) is 62.6 Å². The Hall–Kier alpha value is -2.16. The summed E-state index contributed by atoms with van der Waals surface area (Å²) in [4.78, 5) is 29.4. The fourth-order valence-corrected chi connectivity index (χ4v) is 6.05. The van der Waals surface area contributed by atoms with E-state index in [0.717, 1.165) is 30.0 Å². The molecule has 1 unspecified atom stereocenters. The smallest absolute Gasteiger partial charge is 0.245 e. The van der Waals surface area contributed by atoms with Crippen molar-refractivity contribution in [2.75, 3.05) is 13.1 Å². The molecule has 2 aromatic carbocycles. The predicted octanol–water partition coefficient (Wildman–Crippen LogP) is 3.16. The first-order valence-corrected chi connectivity index (χ1v) is 12.9. The molecule has 32 heavy (non-hydrogen) atoms. The van der Waals surface area contributed by atoms with Crippen molar-refractivity contribution < 1.29 is 18.0 Å². The Morgan fingerprint density at radius 2 is 1.81 bits per heavy atom. The van der Waals surface area contributed by atoms with Gasteiger partial charge in [-0.05, 0) is 74.6 Å². The molecular weight excluding hydrogens is 450 g/mol. The number of nitrogens with one attached hydrogen (secondary N) is 1. The van der Waals surface area contributed by atoms with Crippen molar-refractivity contribution in [3.05, 3.63) is 41.4 Å². The Balaban J connectivity index is 1.46. The standard InChI is InChI=1S/C23H28ClN3O4S/c1-15-5-3-4-11-26(15)22(28)16(2)27-12-10-21(23(27)29)25-32(30,31)20-9-7-17-13-19(24)8-6-18(17)14-20/h6-9,13-16,21,25H,3-5,10-12H2,1-2H3/t15?,16-,21+/m1/s1. The molecular formula is C23H28ClN3O4S. The van der Waals surface area contributed by atoms with E-state index in [1.165, 1.54) is 11.0 Å². The van der Waals surface area contributed by atoms with Gasteiger partial charge in [-0.1, -0.05) is 23.7 Å². The normalized spacial score (nSPS) is 23.0. The second kappa shape index (κ2) is 9.00. The number of piperidine rings is 1. The summed E-state index contributed by atoms with van der Waals surface area (Å²) in [5.74, 6) is -0.422. The minimum atomic E-state index is -3.90. The Labute approximate surface area is 193 Å². The van der Waals surface area contributed by atoms with Crippen molar-refractivity contribution in [1.29, 1.82) is 0 Å². The molecule has 4 rings (SSSR count). The van der Waals surface area contributed by atoms with Gasteiger partial charge in [0, 0.05) is 24.2 Å². The van der Waals surface area contributed by atoms with Crippen molar-refractivity contribution >= 4 is 44.2 Å². The fraction of sp³-hybridized carbons (Fsp3) is 0.478. The van der Waals surface area contributed by atoms with E-state index in [4.69, 9.17) is 11.6 Å². The molecule has 0 saturated carbocycles. The van der Waals surface area contributed by atoms with E-state index in [2.05, 4.69) is 4.72 Å². The van der Waals surface area contributed by atoms with E-state index in [9.17, 15) is 18.0 Å². The number of likely N-dealkylation sites (tertiary alicyclic amines) is 2. The van der Waals surface area contributed by atoms with Gasteiger partial charge < -0.3 is 9.80 Å². The summed E-state index contributed by atoms with van der Waals surface area (Å²) >= 11 is 6.00. The fourth-order valence-electron chi connectivity index (χ4n) is 4.61. The maximum Gasteiger partial charge on any atom is 0.245 e. The van der Waals surface area contributed by atoms with E-state index in [0.29, 0.717) is 24.5 Å². The molecule has 2 saturated heterocycles. The van der Waals surface area contributed by atoms with Gasteiger partial charge in [0.05, 0.1) is 4.90 Å². The number of hydrogen-bond acceptors (Lipinski definition) is 4. The lowest BCUT2D eigenvalue weighted by Crippen LogP contribution is -2.53. The van der Waals surface area contributed by atoms with Gasteiger partial charge in [0.1, 0.15) is 12.1 Å². The Morgan fingerprint density at radius 1 is 1.09 bits per heavy atom. The lowest BCUT2D eigenvalue weighted by molar-refractivity contribution is -0.145. The number of hydrogen-bond donors (Lipinski definition) is 1. The molecule has 2 amide bonds. The van der Waals surface area contributed by atoms with Gasteiger partial charge in [-0.3, -0.25) is 9.59 Å². The maximum absolute atomic E-state index is 13.0. The number of carbonyl (C=O) groups is 2. The molecule has 2 heterocycles. The average Bonchev–Trinajstić information content (AvgIpc) is 3.12. The van der Waals surface area contributed by atoms with Gasteiger partial charge in [-0.25, -0.2) is 8.42 Å². The number of carbonyl (C=O) groups excluding carboxylic acids is 2. The first-order valence-electron chi connectivity index (χ1n) is 11.0. The molecule has 1 N–H and O–H groups in total. The number of halogens is 1. The molecule has 9 heteroatoms. The lowest BCUT2D eigenvalue weighted by atomic mass is 10.0. The van der Waals surface area contributed by atoms with E-state index < -0.39 is 22.1 Å². The van der Waals surface area contributed by atoms with Crippen LogP contribution in [0, 0.1) is 0 Å². The summed E-state index contributed by atoms with van der Waals surface area (Å²) in [7, 11) is -3.90. The van der Waals surface area contributed by atoms with Crippen molar-refractivity contribution in [1.82, 2.24) is 14.5 Å². The first kappa shape index (κ1) is 23.0. The summed E-state index contributed by atoms with van der Waals surface area (Å²) in [5, 5.41) is 2.15. The van der Waals surface area contributed by atoms with Crippen LogP contribution in [0.25, 0.3) is 10.8 Å². The minimum Gasteiger partial charge on any atom is -0.338 e. The summed E-state index contributed by atoms with van der Waals surface area (Å²) < 4.78 is 28.5. The van der Waals surface area contributed by atoms with Crippen LogP contribution in [0.15, 0.2) is 41.3 Å². The van der Waals surface area contributed by atoms with Crippen LogP contribution in [-0.4, -0.2) is 61.2 Å². The zero-order valence-electron chi connectivity index (χ0n) is 18.3. The third kappa shape index (κ3) is 4.49. The van der Waals surface area contributed by atoms with Crippen molar-refractivity contribution in [2.24, 2.45) is 0 Å². The maximum atomic E-state index is 13.0. The molecule has 0 aliphatic carbocycles. The third-order valence-electron chi connectivity index (χ3n) is 6.53. The van der Waals surface area contributed by atoms with Crippen LogP contribution in [0.2, 0.25) is 5.02 Å². The van der Waals surface area contributed by atoms with Crippen LogP contribution < -0.4 is 4.72 Å². The molecule has 2 aliphatic rings. The zero-order valence-corrected chi connectivity index (χ0v) is 19.8. The number of sulfonamides is 1. The van der Waals surface area contributed by atoms with Gasteiger partial charge in [0.15, 0.2) is 0 Å². The second-order valence-electron chi connectivity index (χ2n) is 8.70. The molecule has 172 valence electrons. The number of rotatable bonds is 5. The monoisotopic (exact) mass is 477 g/mol. The summed E-state index contributed by atoms with van der Waals surface area (Å²) in [6, 6.07) is 8.66. The molecule has 0 spiro atoms. The van der Waals surface area contributed by atoms with Gasteiger partial charge in [0.25, 0.3) is 0 Å². The molecule has 0 bridgehead atoms. The minimum absolute atomic E-state index is 0.0674. The van der Waals surface area contributed by atoms with Gasteiger partial charge in [-0.15, -0.1) is 0 Å². The SMILES string of the molecule is CC1CCCCN1C(=O)[C@@H](C)N1CC[C@H](NS(=O)(=O)c2ccc3cc(Cl)ccc3c2)C1=O. The van der Waals surface area contributed by atoms with Crippen LogP contribution in [0.1, 0.15) is 39.5 Å².